The molecule has 0 spiro atoms. The number of hydrogen-bond acceptors (Lipinski definition) is 3. The smallest absolute Gasteiger partial charge is 0.215 e. The molecule has 3 N–H and O–H groups in total. The monoisotopic (exact) mass is 238 g/mol. The Balaban J connectivity index is 2.42. The first-order valence-electron chi connectivity index (χ1n) is 5.04. The van der Waals surface area contributed by atoms with Crippen molar-refractivity contribution in [2.75, 3.05) is 11.9 Å². The highest BCUT2D eigenvalue weighted by atomic mass is 32.2. The lowest BCUT2D eigenvalue weighted by Crippen LogP contribution is -2.19. The summed E-state index contributed by atoms with van der Waals surface area (Å²) in [6.45, 7) is 2.40. The topological polar surface area (TPSA) is 72.2 Å². The number of anilines is 1. The first-order valence-corrected chi connectivity index (χ1v) is 6.65. The van der Waals surface area contributed by atoms with Crippen molar-refractivity contribution in [1.82, 2.24) is 0 Å². The molecule has 0 radical (unpaired) electrons. The quantitative estimate of drug-likeness (QED) is 0.819. The van der Waals surface area contributed by atoms with Gasteiger partial charge in [0.1, 0.15) is 0 Å². The predicted octanol–water partition coefficient (Wildman–Crippen LogP) is 1.47. The minimum Gasteiger partial charge on any atom is -0.381 e. The van der Waals surface area contributed by atoms with Gasteiger partial charge >= 0.3 is 0 Å². The summed E-state index contributed by atoms with van der Waals surface area (Å²) in [6, 6.07) is 5.53. The van der Waals surface area contributed by atoms with Gasteiger partial charge in [0.25, 0.3) is 0 Å². The number of fused-ring (bicyclic) bond motifs is 1. The fourth-order valence-electron chi connectivity index (χ4n) is 1.68. The molecular formula is C11H14N2O2S. The lowest BCUT2D eigenvalue weighted by Gasteiger charge is -2.16. The van der Waals surface area contributed by atoms with E-state index in [1.54, 1.807) is 13.0 Å². The third-order valence-electron chi connectivity index (χ3n) is 2.75. The van der Waals surface area contributed by atoms with Gasteiger partial charge in [-0.3, -0.25) is 0 Å². The van der Waals surface area contributed by atoms with Crippen molar-refractivity contribution in [3.63, 3.8) is 0 Å². The van der Waals surface area contributed by atoms with Gasteiger partial charge in [-0.2, -0.15) is 0 Å². The Bertz CT molecular complexity index is 535. The molecule has 0 amide bonds. The molecule has 1 heterocycles. The van der Waals surface area contributed by atoms with Gasteiger partial charge < -0.3 is 5.32 Å². The van der Waals surface area contributed by atoms with Crippen molar-refractivity contribution in [3.8, 4) is 0 Å². The Kier molecular flexibility index (Phi) is 2.73. The van der Waals surface area contributed by atoms with Crippen molar-refractivity contribution in [2.24, 2.45) is 5.14 Å². The second-order valence-corrected chi connectivity index (χ2v) is 5.75. The van der Waals surface area contributed by atoms with Crippen LogP contribution in [0, 0.1) is 0 Å². The highest BCUT2D eigenvalue weighted by Gasteiger charge is 2.18. The summed E-state index contributed by atoms with van der Waals surface area (Å²) in [5.74, 6) is 0. The minimum atomic E-state index is -3.53. The van der Waals surface area contributed by atoms with E-state index < -0.39 is 15.3 Å². The van der Waals surface area contributed by atoms with Gasteiger partial charge in [-0.15, -0.1) is 0 Å². The maximum atomic E-state index is 11.2. The molecule has 1 unspecified atom stereocenters. The molecule has 1 aromatic carbocycles. The molecule has 86 valence electrons. The van der Waals surface area contributed by atoms with Crippen LogP contribution in [0.15, 0.2) is 24.3 Å². The van der Waals surface area contributed by atoms with Crippen LogP contribution in [0.5, 0.6) is 0 Å². The Morgan fingerprint density at radius 3 is 2.88 bits per heavy atom. The van der Waals surface area contributed by atoms with Gasteiger partial charge in [0.05, 0.1) is 5.25 Å². The Morgan fingerprint density at radius 2 is 2.19 bits per heavy atom. The number of primary sulfonamides is 1. The molecule has 0 fully saturated rings. The van der Waals surface area contributed by atoms with Crippen molar-refractivity contribution in [1.29, 1.82) is 0 Å². The van der Waals surface area contributed by atoms with E-state index in [-0.39, 0.29) is 0 Å². The summed E-state index contributed by atoms with van der Waals surface area (Å²) in [5, 5.41) is 7.65. The van der Waals surface area contributed by atoms with Gasteiger partial charge in [-0.1, -0.05) is 18.2 Å². The van der Waals surface area contributed by atoms with E-state index in [2.05, 4.69) is 5.32 Å². The lowest BCUT2D eigenvalue weighted by molar-refractivity contribution is 0.588. The zero-order valence-corrected chi connectivity index (χ0v) is 9.79. The summed E-state index contributed by atoms with van der Waals surface area (Å²) in [7, 11) is -3.53. The van der Waals surface area contributed by atoms with E-state index in [1.807, 2.05) is 24.3 Å². The van der Waals surface area contributed by atoms with Crippen LogP contribution >= 0.6 is 0 Å². The van der Waals surface area contributed by atoms with Gasteiger partial charge in [0.15, 0.2) is 0 Å². The van der Waals surface area contributed by atoms with E-state index in [0.717, 1.165) is 23.4 Å². The van der Waals surface area contributed by atoms with Crippen LogP contribution in [-0.4, -0.2) is 15.0 Å². The molecule has 0 saturated heterocycles. The number of sulfonamides is 1. The van der Waals surface area contributed by atoms with Crippen molar-refractivity contribution in [3.05, 3.63) is 35.4 Å². The molecule has 0 aromatic heterocycles. The molecule has 1 aromatic rings. The fraction of sp³-hybridized carbons (Fsp3) is 0.273. The lowest BCUT2D eigenvalue weighted by atomic mass is 10.0. The van der Waals surface area contributed by atoms with E-state index in [9.17, 15) is 8.42 Å². The molecule has 1 aliphatic heterocycles. The normalized spacial score (nSPS) is 16.4. The van der Waals surface area contributed by atoms with Crippen LogP contribution in [0.4, 0.5) is 5.69 Å². The standard InChI is InChI=1S/C11H14N2O2S/c1-8(16(12,14)15)9-4-5-11-10(7-9)3-2-6-13-11/h2-5,7-8,13H,6H2,1H3,(H2,12,14,15). The van der Waals surface area contributed by atoms with Crippen molar-refractivity contribution in [2.45, 2.75) is 12.2 Å². The van der Waals surface area contributed by atoms with Gasteiger partial charge in [0, 0.05) is 12.2 Å². The number of hydrogen-bond donors (Lipinski definition) is 2. The van der Waals surface area contributed by atoms with E-state index in [0.29, 0.717) is 0 Å². The minimum absolute atomic E-state index is 0.673. The van der Waals surface area contributed by atoms with Crippen LogP contribution in [-0.2, 0) is 10.0 Å². The molecule has 5 heteroatoms. The first kappa shape index (κ1) is 11.2. The summed E-state index contributed by atoms with van der Waals surface area (Å²) < 4.78 is 22.5. The number of rotatable bonds is 2. The second kappa shape index (κ2) is 3.92. The summed E-state index contributed by atoms with van der Waals surface area (Å²) in [5.41, 5.74) is 2.74. The molecular weight excluding hydrogens is 224 g/mol. The molecule has 1 aliphatic rings. The molecule has 1 atom stereocenters. The molecule has 0 aliphatic carbocycles. The maximum absolute atomic E-state index is 11.2. The van der Waals surface area contributed by atoms with E-state index in [4.69, 9.17) is 5.14 Å². The van der Waals surface area contributed by atoms with Crippen LogP contribution < -0.4 is 10.5 Å². The number of nitrogens with one attached hydrogen (secondary N) is 1. The average Bonchev–Trinajstić information content (AvgIpc) is 2.26. The van der Waals surface area contributed by atoms with Gasteiger partial charge in [-0.25, -0.2) is 13.6 Å². The van der Waals surface area contributed by atoms with E-state index in [1.165, 1.54) is 0 Å². The van der Waals surface area contributed by atoms with Crippen LogP contribution in [0.3, 0.4) is 0 Å². The Morgan fingerprint density at radius 1 is 1.44 bits per heavy atom. The summed E-state index contributed by atoms with van der Waals surface area (Å²) in [6.07, 6.45) is 3.97. The fourth-order valence-corrected chi connectivity index (χ4v) is 2.20. The average molecular weight is 238 g/mol. The molecule has 4 nitrogen and oxygen atoms in total. The maximum Gasteiger partial charge on any atom is 0.215 e. The largest absolute Gasteiger partial charge is 0.381 e. The Labute approximate surface area is 95.2 Å². The molecule has 0 bridgehead atoms. The number of benzene rings is 1. The second-order valence-electron chi connectivity index (χ2n) is 3.86. The third kappa shape index (κ3) is 2.10. The van der Waals surface area contributed by atoms with Crippen LogP contribution in [0.1, 0.15) is 23.3 Å². The molecule has 0 saturated carbocycles. The van der Waals surface area contributed by atoms with Crippen molar-refractivity contribution >= 4 is 21.8 Å². The highest BCUT2D eigenvalue weighted by Crippen LogP contribution is 2.27. The van der Waals surface area contributed by atoms with E-state index >= 15 is 0 Å². The molecule has 16 heavy (non-hydrogen) atoms. The highest BCUT2D eigenvalue weighted by molar-refractivity contribution is 7.89. The number of nitrogens with two attached hydrogens (primary N) is 1. The van der Waals surface area contributed by atoms with Crippen LogP contribution in [0.2, 0.25) is 0 Å². The summed E-state index contributed by atoms with van der Waals surface area (Å²) in [4.78, 5) is 0. The third-order valence-corrected chi connectivity index (χ3v) is 4.00. The predicted molar refractivity (Wildman–Crippen MR) is 65.5 cm³/mol. The zero-order valence-electron chi connectivity index (χ0n) is 8.97. The SMILES string of the molecule is CC(c1ccc2c(c1)C=CCN2)S(N)(=O)=O. The van der Waals surface area contributed by atoms with Gasteiger partial charge in [0.2, 0.25) is 10.0 Å². The van der Waals surface area contributed by atoms with Crippen LogP contribution in [0.25, 0.3) is 6.08 Å². The first-order chi connectivity index (χ1) is 7.48. The zero-order chi connectivity index (χ0) is 11.8. The summed E-state index contributed by atoms with van der Waals surface area (Å²) >= 11 is 0. The Hall–Kier alpha value is -1.33. The van der Waals surface area contributed by atoms with Crippen molar-refractivity contribution < 1.29 is 8.42 Å². The molecule has 2 rings (SSSR count). The van der Waals surface area contributed by atoms with Gasteiger partial charge in [-0.05, 0) is 30.2 Å².